The molecule has 1 aliphatic rings. The van der Waals surface area contributed by atoms with Gasteiger partial charge in [-0.2, -0.15) is 0 Å². The van der Waals surface area contributed by atoms with Crippen molar-refractivity contribution in [1.29, 1.82) is 0 Å². The summed E-state index contributed by atoms with van der Waals surface area (Å²) in [7, 11) is 6.40. The standard InChI is InChI=1S/C21H24N2O5/c1-22(16-7-10-18(27-3)19(12-16)28-4)21(25)14-11-20(24)23(13-14)15-5-8-17(26-2)9-6-15/h5-10,12,14H,11,13H2,1-4H3. The Kier molecular flexibility index (Phi) is 5.73. The molecular weight excluding hydrogens is 360 g/mol. The molecule has 1 unspecified atom stereocenters. The Labute approximate surface area is 164 Å². The van der Waals surface area contributed by atoms with Crippen molar-refractivity contribution >= 4 is 23.2 Å². The number of hydrogen-bond acceptors (Lipinski definition) is 5. The molecule has 0 spiro atoms. The Morgan fingerprint density at radius 3 is 2.29 bits per heavy atom. The van der Waals surface area contributed by atoms with Gasteiger partial charge in [0.15, 0.2) is 11.5 Å². The molecule has 0 radical (unpaired) electrons. The van der Waals surface area contributed by atoms with Crippen LogP contribution < -0.4 is 24.0 Å². The van der Waals surface area contributed by atoms with Gasteiger partial charge in [0.05, 0.1) is 27.2 Å². The molecule has 0 N–H and O–H groups in total. The first-order valence-electron chi connectivity index (χ1n) is 8.92. The van der Waals surface area contributed by atoms with Gasteiger partial charge in [-0.1, -0.05) is 0 Å². The average molecular weight is 384 g/mol. The number of hydrogen-bond donors (Lipinski definition) is 0. The number of rotatable bonds is 6. The fourth-order valence-corrected chi connectivity index (χ4v) is 3.32. The van der Waals surface area contributed by atoms with E-state index in [1.165, 1.54) is 0 Å². The molecule has 28 heavy (non-hydrogen) atoms. The second kappa shape index (κ2) is 8.21. The van der Waals surface area contributed by atoms with Crippen LogP contribution in [-0.4, -0.2) is 46.7 Å². The third-order valence-corrected chi connectivity index (χ3v) is 4.94. The van der Waals surface area contributed by atoms with E-state index in [2.05, 4.69) is 0 Å². The van der Waals surface area contributed by atoms with Crippen LogP contribution in [0.15, 0.2) is 42.5 Å². The maximum atomic E-state index is 13.0. The molecule has 2 amide bonds. The zero-order valence-electron chi connectivity index (χ0n) is 16.5. The molecule has 7 nitrogen and oxygen atoms in total. The lowest BCUT2D eigenvalue weighted by molar-refractivity contribution is -0.124. The highest BCUT2D eigenvalue weighted by atomic mass is 16.5. The monoisotopic (exact) mass is 384 g/mol. The third kappa shape index (κ3) is 3.74. The molecule has 1 aliphatic heterocycles. The first-order valence-corrected chi connectivity index (χ1v) is 8.92. The largest absolute Gasteiger partial charge is 0.497 e. The zero-order chi connectivity index (χ0) is 20.3. The van der Waals surface area contributed by atoms with E-state index >= 15 is 0 Å². The minimum absolute atomic E-state index is 0.0655. The summed E-state index contributed by atoms with van der Waals surface area (Å²) in [6, 6.07) is 12.5. The molecular formula is C21H24N2O5. The van der Waals surface area contributed by atoms with Crippen molar-refractivity contribution in [3.63, 3.8) is 0 Å². The van der Waals surface area contributed by atoms with Crippen molar-refractivity contribution < 1.29 is 23.8 Å². The number of nitrogens with zero attached hydrogens (tertiary/aromatic N) is 2. The fraction of sp³-hybridized carbons (Fsp3) is 0.333. The van der Waals surface area contributed by atoms with Crippen LogP contribution in [0, 0.1) is 5.92 Å². The molecule has 2 aromatic rings. The molecule has 0 bridgehead atoms. The number of anilines is 2. The smallest absolute Gasteiger partial charge is 0.232 e. The summed E-state index contributed by atoms with van der Waals surface area (Å²) in [5.41, 5.74) is 1.44. The molecule has 1 saturated heterocycles. The summed E-state index contributed by atoms with van der Waals surface area (Å²) >= 11 is 0. The molecule has 0 aliphatic carbocycles. The van der Waals surface area contributed by atoms with Gasteiger partial charge >= 0.3 is 0 Å². The van der Waals surface area contributed by atoms with Gasteiger partial charge in [-0.25, -0.2) is 0 Å². The predicted molar refractivity (Wildman–Crippen MR) is 106 cm³/mol. The van der Waals surface area contributed by atoms with E-state index in [1.54, 1.807) is 68.5 Å². The van der Waals surface area contributed by atoms with E-state index in [-0.39, 0.29) is 18.2 Å². The molecule has 0 saturated carbocycles. The predicted octanol–water partition coefficient (Wildman–Crippen LogP) is 2.73. The highest BCUT2D eigenvalue weighted by molar-refractivity contribution is 6.04. The lowest BCUT2D eigenvalue weighted by Gasteiger charge is -2.22. The number of ether oxygens (including phenoxy) is 3. The van der Waals surface area contributed by atoms with Gasteiger partial charge in [0.25, 0.3) is 0 Å². The lowest BCUT2D eigenvalue weighted by atomic mass is 10.1. The summed E-state index contributed by atoms with van der Waals surface area (Å²) < 4.78 is 15.7. The van der Waals surface area contributed by atoms with Crippen LogP contribution >= 0.6 is 0 Å². The van der Waals surface area contributed by atoms with Gasteiger partial charge in [-0.05, 0) is 36.4 Å². The minimum Gasteiger partial charge on any atom is -0.497 e. The summed E-state index contributed by atoms with van der Waals surface area (Å²) in [4.78, 5) is 28.6. The Bertz CT molecular complexity index is 866. The van der Waals surface area contributed by atoms with Gasteiger partial charge in [0.2, 0.25) is 11.8 Å². The molecule has 2 aromatic carbocycles. The van der Waals surface area contributed by atoms with Crippen LogP contribution in [0.2, 0.25) is 0 Å². The number of carbonyl (C=O) groups excluding carboxylic acids is 2. The van der Waals surface area contributed by atoms with Crippen molar-refractivity contribution in [2.45, 2.75) is 6.42 Å². The number of methoxy groups -OCH3 is 3. The Balaban J connectivity index is 1.74. The first-order chi connectivity index (χ1) is 13.5. The Morgan fingerprint density at radius 2 is 1.68 bits per heavy atom. The minimum atomic E-state index is -0.410. The topological polar surface area (TPSA) is 68.3 Å². The SMILES string of the molecule is COc1ccc(N2CC(C(=O)N(C)c3ccc(OC)c(OC)c3)CC2=O)cc1. The average Bonchev–Trinajstić information content (AvgIpc) is 3.13. The molecule has 1 fully saturated rings. The van der Waals surface area contributed by atoms with Crippen molar-refractivity contribution in [2.24, 2.45) is 5.92 Å². The van der Waals surface area contributed by atoms with Crippen LogP contribution in [0.1, 0.15) is 6.42 Å². The summed E-state index contributed by atoms with van der Waals surface area (Å²) in [6.45, 7) is 0.349. The summed E-state index contributed by atoms with van der Waals surface area (Å²) in [5, 5.41) is 0. The second-order valence-electron chi connectivity index (χ2n) is 6.54. The van der Waals surface area contributed by atoms with E-state index in [0.29, 0.717) is 23.7 Å². The number of carbonyl (C=O) groups is 2. The van der Waals surface area contributed by atoms with Crippen molar-refractivity contribution in [3.05, 3.63) is 42.5 Å². The maximum Gasteiger partial charge on any atom is 0.232 e. The molecule has 1 heterocycles. The van der Waals surface area contributed by atoms with Gasteiger partial charge in [-0.3, -0.25) is 9.59 Å². The maximum absolute atomic E-state index is 13.0. The molecule has 1 atom stereocenters. The highest BCUT2D eigenvalue weighted by Crippen LogP contribution is 2.33. The Morgan fingerprint density at radius 1 is 1.00 bits per heavy atom. The third-order valence-electron chi connectivity index (χ3n) is 4.94. The molecule has 7 heteroatoms. The van der Waals surface area contributed by atoms with E-state index in [4.69, 9.17) is 14.2 Å². The Hall–Kier alpha value is -3.22. The van der Waals surface area contributed by atoms with Crippen LogP contribution in [0.5, 0.6) is 17.2 Å². The lowest BCUT2D eigenvalue weighted by Crippen LogP contribution is -2.34. The van der Waals surface area contributed by atoms with Gasteiger partial charge in [0, 0.05) is 37.5 Å². The van der Waals surface area contributed by atoms with Gasteiger partial charge < -0.3 is 24.0 Å². The van der Waals surface area contributed by atoms with Crippen molar-refractivity contribution in [2.75, 3.05) is 44.7 Å². The van der Waals surface area contributed by atoms with Crippen molar-refractivity contribution in [3.8, 4) is 17.2 Å². The highest BCUT2D eigenvalue weighted by Gasteiger charge is 2.36. The van der Waals surface area contributed by atoms with E-state index in [1.807, 2.05) is 12.1 Å². The quantitative estimate of drug-likeness (QED) is 0.766. The molecule has 0 aromatic heterocycles. The van der Waals surface area contributed by atoms with Gasteiger partial charge in [0.1, 0.15) is 5.75 Å². The van der Waals surface area contributed by atoms with Crippen LogP contribution in [0.4, 0.5) is 11.4 Å². The van der Waals surface area contributed by atoms with Crippen molar-refractivity contribution in [1.82, 2.24) is 0 Å². The molecule has 148 valence electrons. The second-order valence-corrected chi connectivity index (χ2v) is 6.54. The number of amides is 2. The summed E-state index contributed by atoms with van der Waals surface area (Å²) in [5.74, 6) is 1.26. The van der Waals surface area contributed by atoms with E-state index < -0.39 is 5.92 Å². The molecule has 3 rings (SSSR count). The van der Waals surface area contributed by atoms with Gasteiger partial charge in [-0.15, -0.1) is 0 Å². The van der Waals surface area contributed by atoms with E-state index in [9.17, 15) is 9.59 Å². The normalized spacial score (nSPS) is 16.1. The van der Waals surface area contributed by atoms with Crippen LogP contribution in [0.3, 0.4) is 0 Å². The van der Waals surface area contributed by atoms with Crippen LogP contribution in [0.25, 0.3) is 0 Å². The summed E-state index contributed by atoms with van der Waals surface area (Å²) in [6.07, 6.45) is 0.183. The van der Waals surface area contributed by atoms with Crippen LogP contribution in [-0.2, 0) is 9.59 Å². The first kappa shape index (κ1) is 19.5. The zero-order valence-corrected chi connectivity index (χ0v) is 16.5. The van der Waals surface area contributed by atoms with E-state index in [0.717, 1.165) is 11.4 Å². The number of benzene rings is 2. The fourth-order valence-electron chi connectivity index (χ4n) is 3.32.